The number of unbranched alkanes of at least 4 members (excludes halogenated alkanes) is 4. The van der Waals surface area contributed by atoms with E-state index in [1.54, 1.807) is 28.1 Å². The van der Waals surface area contributed by atoms with E-state index in [0.717, 1.165) is 86.8 Å². The van der Waals surface area contributed by atoms with E-state index in [0.29, 0.717) is 45.7 Å². The summed E-state index contributed by atoms with van der Waals surface area (Å²) in [6.45, 7) is 45.8. The Bertz CT molecular complexity index is 2220. The van der Waals surface area contributed by atoms with Crippen LogP contribution in [0.25, 0.3) is 0 Å². The zero-order valence-corrected chi connectivity index (χ0v) is 68.1. The van der Waals surface area contributed by atoms with Gasteiger partial charge in [0.1, 0.15) is 22.7 Å². The van der Waals surface area contributed by atoms with Gasteiger partial charge in [0, 0.05) is 70.1 Å². The third-order valence-corrected chi connectivity index (χ3v) is 13.0. The van der Waals surface area contributed by atoms with Gasteiger partial charge in [-0.1, -0.05) is 178 Å². The molecule has 0 bridgehead atoms. The van der Waals surface area contributed by atoms with Gasteiger partial charge in [0.05, 0.1) is 46.2 Å². The summed E-state index contributed by atoms with van der Waals surface area (Å²) in [5.74, 6) is 3.55. The Hall–Kier alpha value is -5.20. The molecule has 0 amide bonds. The van der Waals surface area contributed by atoms with Crippen LogP contribution < -0.4 is 9.47 Å². The van der Waals surface area contributed by atoms with Crippen LogP contribution in [-0.4, -0.2) is 140 Å². The number of hydrogen-bond acceptors (Lipinski definition) is 16. The molecule has 0 aliphatic heterocycles. The van der Waals surface area contributed by atoms with Crippen LogP contribution >= 0.6 is 23.4 Å². The molecule has 570 valence electrons. The summed E-state index contributed by atoms with van der Waals surface area (Å²) >= 11 is 7.60. The Morgan fingerprint density at radius 3 is 1.38 bits per heavy atom. The van der Waals surface area contributed by atoms with E-state index >= 15 is 0 Å². The largest absolute Gasteiger partial charge is 0.491 e. The molecule has 1 aliphatic rings. The third kappa shape index (κ3) is 99.5. The maximum Gasteiger partial charge on any atom is 0.305 e. The van der Waals surface area contributed by atoms with Crippen LogP contribution in [0.15, 0.2) is 120 Å². The lowest BCUT2D eigenvalue weighted by Crippen LogP contribution is -2.22. The topological polar surface area (TPSA) is 164 Å². The Kier molecular flexibility index (Phi) is 87.6. The third-order valence-electron chi connectivity index (χ3n) is 11.9. The average Bonchev–Trinajstić information content (AvgIpc) is 1.16. The Morgan fingerprint density at radius 1 is 0.551 bits per heavy atom. The molecule has 0 N–H and O–H groups in total. The number of rotatable bonds is 26. The van der Waals surface area contributed by atoms with E-state index in [1.165, 1.54) is 69.4 Å². The van der Waals surface area contributed by atoms with Crippen molar-refractivity contribution in [2.45, 2.75) is 257 Å². The number of carbonyl (C=O) groups excluding carboxylic acids is 4. The molecule has 98 heavy (non-hydrogen) atoms. The summed E-state index contributed by atoms with van der Waals surface area (Å²) in [6.07, 6.45) is 15.9. The number of benzene rings is 4. The Morgan fingerprint density at radius 2 is 1.03 bits per heavy atom. The van der Waals surface area contributed by atoms with Crippen LogP contribution in [0.5, 0.6) is 11.5 Å². The number of nitrogens with zero attached hydrogens (tertiary/aromatic N) is 1. The number of thioether (sulfide) groups is 1. The summed E-state index contributed by atoms with van der Waals surface area (Å²) in [7, 11) is 8.87. The number of carbonyl (C=O) groups is 4. The van der Waals surface area contributed by atoms with Gasteiger partial charge in [0.2, 0.25) is 0 Å². The van der Waals surface area contributed by atoms with E-state index in [4.69, 9.17) is 44.8 Å². The van der Waals surface area contributed by atoms with Gasteiger partial charge in [0.15, 0.2) is 0 Å². The SMILES string of the molecule is CC(=O)OC(C)(C)C.CC(C)(C)Oc1ccc(Cl)cc1.CC(C)Oc1ccccc1.CCC1CCCC1.CCCCC(=O)OC.CCCCCCC(=O)OCC.CCN(C)C.CCOC.CCOC(=O)CC.CCOCCOC.CCOCc1ccccc1.CCSc1ccccc1. The van der Waals surface area contributed by atoms with Crippen molar-refractivity contribution in [2.24, 2.45) is 5.92 Å². The zero-order chi connectivity index (χ0) is 76.1. The van der Waals surface area contributed by atoms with Crippen LogP contribution in [0.1, 0.15) is 234 Å². The van der Waals surface area contributed by atoms with Crippen molar-refractivity contribution in [1.82, 2.24) is 4.90 Å². The fraction of sp³-hybridized carbons (Fsp3) is 0.654. The lowest BCUT2D eigenvalue weighted by Gasteiger charge is -2.21. The maximum absolute atomic E-state index is 10.8. The summed E-state index contributed by atoms with van der Waals surface area (Å²) in [6, 6.07) is 37.8. The average molecular weight is 1420 g/mol. The van der Waals surface area contributed by atoms with Gasteiger partial charge in [0.25, 0.3) is 0 Å². The minimum atomic E-state index is -0.328. The minimum Gasteiger partial charge on any atom is -0.491 e. The molecular weight excluding hydrogens is 1280 g/mol. The highest BCUT2D eigenvalue weighted by molar-refractivity contribution is 7.99. The van der Waals surface area contributed by atoms with E-state index in [-0.39, 0.29) is 41.2 Å². The normalized spacial score (nSPS) is 10.7. The number of halogens is 1. The van der Waals surface area contributed by atoms with E-state index < -0.39 is 0 Å². The smallest absolute Gasteiger partial charge is 0.305 e. The maximum atomic E-state index is 10.8. The van der Waals surface area contributed by atoms with Crippen LogP contribution in [0, 0.1) is 5.92 Å². The molecule has 1 aliphatic carbocycles. The Balaban J connectivity index is -0.000000186. The molecule has 0 saturated heterocycles. The summed E-state index contributed by atoms with van der Waals surface area (Å²) in [5.41, 5.74) is 0.768. The molecule has 0 radical (unpaired) electrons. The molecule has 0 heterocycles. The molecule has 17 heteroatoms. The van der Waals surface area contributed by atoms with Crippen LogP contribution in [0.2, 0.25) is 5.02 Å². The number of para-hydroxylation sites is 1. The zero-order valence-electron chi connectivity index (χ0n) is 66.5. The first kappa shape index (κ1) is 106. The van der Waals surface area contributed by atoms with Gasteiger partial charge in [-0.05, 0) is 189 Å². The van der Waals surface area contributed by atoms with Gasteiger partial charge in [-0.3, -0.25) is 19.2 Å². The minimum absolute atomic E-state index is 0.0522. The molecule has 5 rings (SSSR count). The van der Waals surface area contributed by atoms with Crippen LogP contribution in [0.3, 0.4) is 0 Å². The summed E-state index contributed by atoms with van der Waals surface area (Å²) < 4.78 is 49.0. The highest BCUT2D eigenvalue weighted by atomic mass is 35.5. The first-order chi connectivity index (χ1) is 46.5. The van der Waals surface area contributed by atoms with Gasteiger partial charge < -0.3 is 52.3 Å². The van der Waals surface area contributed by atoms with Gasteiger partial charge in [-0.15, -0.1) is 11.8 Å². The van der Waals surface area contributed by atoms with Crippen molar-refractivity contribution < 1.29 is 66.5 Å². The lowest BCUT2D eigenvalue weighted by atomic mass is 10.1. The first-order valence-corrected chi connectivity index (χ1v) is 37.1. The fourth-order valence-corrected chi connectivity index (χ4v) is 7.67. The Labute approximate surface area is 609 Å². The molecule has 1 saturated carbocycles. The first-order valence-electron chi connectivity index (χ1n) is 35.7. The second-order valence-corrected chi connectivity index (χ2v) is 25.7. The summed E-state index contributed by atoms with van der Waals surface area (Å²) in [4.78, 5) is 45.0. The molecular formula is C81H144ClNO14S. The van der Waals surface area contributed by atoms with Crippen LogP contribution in [0.4, 0.5) is 0 Å². The van der Waals surface area contributed by atoms with Crippen molar-refractivity contribution in [3.05, 3.63) is 126 Å². The molecule has 4 aromatic rings. The van der Waals surface area contributed by atoms with Crippen molar-refractivity contribution in [1.29, 1.82) is 0 Å². The second kappa shape index (κ2) is 80.8. The fourth-order valence-electron chi connectivity index (χ4n) is 6.86. The van der Waals surface area contributed by atoms with Crippen LogP contribution in [-0.2, 0) is 63.7 Å². The number of ether oxygens (including phenoxy) is 10. The second-order valence-electron chi connectivity index (χ2n) is 23.9. The van der Waals surface area contributed by atoms with Gasteiger partial charge in [-0.25, -0.2) is 0 Å². The summed E-state index contributed by atoms with van der Waals surface area (Å²) in [5, 5.41) is 0.733. The number of esters is 4. The van der Waals surface area contributed by atoms with Crippen molar-refractivity contribution >= 4 is 47.2 Å². The van der Waals surface area contributed by atoms with E-state index in [1.807, 2.05) is 181 Å². The van der Waals surface area contributed by atoms with Crippen molar-refractivity contribution in [3.63, 3.8) is 0 Å². The molecule has 0 atom stereocenters. The molecule has 0 unspecified atom stereocenters. The lowest BCUT2D eigenvalue weighted by molar-refractivity contribution is -0.152. The van der Waals surface area contributed by atoms with E-state index in [2.05, 4.69) is 97.3 Å². The van der Waals surface area contributed by atoms with E-state index in [9.17, 15) is 19.2 Å². The molecule has 1 fully saturated rings. The highest BCUT2D eigenvalue weighted by Gasteiger charge is 2.13. The predicted octanol–water partition coefficient (Wildman–Crippen LogP) is 21.7. The molecule has 15 nitrogen and oxygen atoms in total. The quantitative estimate of drug-likeness (QED) is 0.0252. The molecule has 4 aromatic carbocycles. The number of hydrogen-bond donors (Lipinski definition) is 0. The highest BCUT2D eigenvalue weighted by Crippen LogP contribution is 2.26. The molecule has 0 aromatic heterocycles. The molecule has 0 spiro atoms. The predicted molar refractivity (Wildman–Crippen MR) is 416 cm³/mol. The van der Waals surface area contributed by atoms with Gasteiger partial charge in [-0.2, -0.15) is 0 Å². The van der Waals surface area contributed by atoms with Crippen molar-refractivity contribution in [2.75, 3.05) is 94.0 Å². The number of methoxy groups -OCH3 is 3. The van der Waals surface area contributed by atoms with Gasteiger partial charge >= 0.3 is 23.9 Å². The van der Waals surface area contributed by atoms with Crippen molar-refractivity contribution in [3.8, 4) is 11.5 Å². The monoisotopic (exact) mass is 1420 g/mol. The standard InChI is InChI=1S/C10H13ClO.C9H18O2.2C9H12O.C8H10S.C7H14.2C6H12O2.C5H12O2.C5H10O2.C4H11N.C3H8O/c1-10(2,3)12-9-6-4-8(11)5-7-9;1-3-5-6-7-8-9(10)11-4-2;1-8(2)10-9-6-4-3-5-7-9;1-2-10-8-9-6-4-3-5-7-9;1-2-9-8-6-4-3-5-7-8;1-2-7-5-3-4-6-7;1-5(7)8-6(2,3)4;1-3-4-5-6(7)8-2;1-3-7-5-4-6-2;1-3-5(6)7-4-2;1-4-5(2)3;1-3-4-2/h4-7H,1-3H3;3-8H2,1-2H3;3-8H,1-2H3;3-7H,2,8H2,1H3;3-7H,2H2,1H3;7H,2-6H2,1H3;1-4H3;3-5H2,1-2H3;3-5H2,1-2H3;3-4H2,1-2H3;4H2,1-3H3;3H2,1-2H3.